The number of H-pyrrole nitrogens is 1. The molecule has 0 saturated carbocycles. The zero-order valence-corrected chi connectivity index (χ0v) is 14.4. The van der Waals surface area contributed by atoms with Crippen LogP contribution in [0.5, 0.6) is 5.88 Å². The minimum absolute atomic E-state index is 0.0490. The van der Waals surface area contributed by atoms with Crippen LogP contribution in [-0.2, 0) is 4.74 Å². The number of nitrogens with one attached hydrogen (secondary N) is 2. The smallest absolute Gasteiger partial charge is 0.273 e. The molecule has 8 heteroatoms. The van der Waals surface area contributed by atoms with Gasteiger partial charge in [-0.05, 0) is 18.2 Å². The van der Waals surface area contributed by atoms with Crippen LogP contribution in [0.15, 0.2) is 59.5 Å². The van der Waals surface area contributed by atoms with Crippen molar-refractivity contribution in [3.05, 3.63) is 70.6 Å². The first kappa shape index (κ1) is 17.0. The van der Waals surface area contributed by atoms with E-state index in [9.17, 15) is 9.59 Å². The maximum Gasteiger partial charge on any atom is 0.273 e. The molecule has 1 aromatic carbocycles. The quantitative estimate of drug-likeness (QED) is 0.719. The third kappa shape index (κ3) is 3.90. The zero-order chi connectivity index (χ0) is 18.6. The Hall–Kier alpha value is -3.39. The van der Waals surface area contributed by atoms with Gasteiger partial charge in [-0.15, -0.1) is 0 Å². The number of para-hydroxylation sites is 1. The van der Waals surface area contributed by atoms with Gasteiger partial charge in [-0.3, -0.25) is 14.7 Å². The highest BCUT2D eigenvalue weighted by molar-refractivity contribution is 6.03. The molecule has 0 radical (unpaired) electrons. The molecule has 8 nitrogen and oxygen atoms in total. The van der Waals surface area contributed by atoms with Gasteiger partial charge < -0.3 is 14.8 Å². The predicted octanol–water partition coefficient (Wildman–Crippen LogP) is 1.98. The van der Waals surface area contributed by atoms with E-state index in [-0.39, 0.29) is 17.6 Å². The second kappa shape index (κ2) is 7.46. The summed E-state index contributed by atoms with van der Waals surface area (Å²) in [6.07, 6.45) is 2.26. The van der Waals surface area contributed by atoms with Gasteiger partial charge in [0.2, 0.25) is 5.88 Å². The summed E-state index contributed by atoms with van der Waals surface area (Å²) in [7, 11) is 0. The van der Waals surface area contributed by atoms with E-state index in [1.807, 2.05) is 18.2 Å². The first-order valence-corrected chi connectivity index (χ1v) is 8.58. The summed E-state index contributed by atoms with van der Waals surface area (Å²) in [5.74, 6) is 0.303. The molecule has 1 atom stereocenters. The zero-order valence-electron chi connectivity index (χ0n) is 14.4. The van der Waals surface area contributed by atoms with Crippen molar-refractivity contribution in [3.8, 4) is 11.6 Å². The maximum absolute atomic E-state index is 12.5. The van der Waals surface area contributed by atoms with E-state index in [0.29, 0.717) is 36.2 Å². The number of aromatic amines is 1. The Morgan fingerprint density at radius 1 is 1.26 bits per heavy atom. The summed E-state index contributed by atoms with van der Waals surface area (Å²) in [6, 6.07) is 13.6. The summed E-state index contributed by atoms with van der Waals surface area (Å²) in [5, 5.41) is 5.57. The molecule has 1 aliphatic heterocycles. The lowest BCUT2D eigenvalue weighted by Gasteiger charge is -2.11. The molecular weight excluding hydrogens is 348 g/mol. The van der Waals surface area contributed by atoms with E-state index in [2.05, 4.69) is 15.4 Å². The van der Waals surface area contributed by atoms with Gasteiger partial charge in [0.25, 0.3) is 11.5 Å². The second-order valence-corrected chi connectivity index (χ2v) is 6.12. The highest BCUT2D eigenvalue weighted by atomic mass is 16.5. The minimum Gasteiger partial charge on any atom is -0.472 e. The van der Waals surface area contributed by atoms with Gasteiger partial charge in [-0.25, -0.2) is 9.67 Å². The number of hydrogen-bond acceptors (Lipinski definition) is 5. The van der Waals surface area contributed by atoms with Crippen LogP contribution in [0, 0.1) is 0 Å². The molecule has 1 amide bonds. The molecular formula is C19H18N4O4. The number of hydrogen-bond donors (Lipinski definition) is 2. The van der Waals surface area contributed by atoms with Gasteiger partial charge >= 0.3 is 0 Å². The van der Waals surface area contributed by atoms with Gasteiger partial charge in [0, 0.05) is 30.3 Å². The highest BCUT2D eigenvalue weighted by Crippen LogP contribution is 2.16. The van der Waals surface area contributed by atoms with E-state index in [1.165, 1.54) is 16.9 Å². The Labute approximate surface area is 154 Å². The largest absolute Gasteiger partial charge is 0.472 e. The first-order valence-electron chi connectivity index (χ1n) is 8.58. The fourth-order valence-corrected chi connectivity index (χ4v) is 2.81. The van der Waals surface area contributed by atoms with Gasteiger partial charge in [-0.1, -0.05) is 18.2 Å². The van der Waals surface area contributed by atoms with Gasteiger partial charge in [-0.2, -0.15) is 0 Å². The molecule has 1 saturated heterocycles. The number of carbonyl (C=O) groups excluding carboxylic acids is 1. The maximum atomic E-state index is 12.5. The van der Waals surface area contributed by atoms with E-state index in [4.69, 9.17) is 9.47 Å². The number of nitrogens with zero attached hydrogens (tertiary/aromatic N) is 2. The van der Waals surface area contributed by atoms with E-state index in [1.54, 1.807) is 24.3 Å². The van der Waals surface area contributed by atoms with Crippen molar-refractivity contribution in [2.24, 2.45) is 0 Å². The Balaban J connectivity index is 1.49. The van der Waals surface area contributed by atoms with Crippen molar-refractivity contribution in [1.29, 1.82) is 0 Å². The summed E-state index contributed by atoms with van der Waals surface area (Å²) in [6.45, 7) is 1.18. The molecule has 0 spiro atoms. The fourth-order valence-electron chi connectivity index (χ4n) is 2.81. The van der Waals surface area contributed by atoms with Crippen molar-refractivity contribution in [2.75, 3.05) is 18.5 Å². The lowest BCUT2D eigenvalue weighted by molar-refractivity contribution is 0.102. The van der Waals surface area contributed by atoms with Crippen molar-refractivity contribution in [2.45, 2.75) is 12.5 Å². The van der Waals surface area contributed by atoms with E-state index in [0.717, 1.165) is 6.42 Å². The normalized spacial score (nSPS) is 16.2. The van der Waals surface area contributed by atoms with Crippen LogP contribution >= 0.6 is 0 Å². The predicted molar refractivity (Wildman–Crippen MR) is 98.4 cm³/mol. The Kier molecular flexibility index (Phi) is 4.71. The first-order chi connectivity index (χ1) is 13.2. The number of carbonyl (C=O) groups is 1. The third-order valence-electron chi connectivity index (χ3n) is 4.16. The minimum atomic E-state index is -0.369. The molecule has 27 heavy (non-hydrogen) atoms. The van der Waals surface area contributed by atoms with Crippen LogP contribution < -0.4 is 15.6 Å². The summed E-state index contributed by atoms with van der Waals surface area (Å²) in [5.41, 5.74) is 0.796. The average molecular weight is 366 g/mol. The third-order valence-corrected chi connectivity index (χ3v) is 4.16. The van der Waals surface area contributed by atoms with Crippen molar-refractivity contribution in [1.82, 2.24) is 14.8 Å². The van der Waals surface area contributed by atoms with Crippen LogP contribution in [0.3, 0.4) is 0 Å². The van der Waals surface area contributed by atoms with Crippen LogP contribution in [0.2, 0.25) is 0 Å². The van der Waals surface area contributed by atoms with Crippen LogP contribution in [-0.4, -0.2) is 40.0 Å². The number of pyridine rings is 1. The standard InChI is InChI=1S/C19H18N4O4/c24-18-11-16(22-23(18)14-4-2-1-3-5-14)21-19(25)13-6-8-20-17(10-13)27-15-7-9-26-12-15/h1-6,8,10-11,15,22H,7,9,12H2,(H,21,25). The Bertz CT molecular complexity index is 990. The van der Waals surface area contributed by atoms with E-state index < -0.39 is 0 Å². The average Bonchev–Trinajstić information content (AvgIpc) is 3.32. The molecule has 3 heterocycles. The topological polar surface area (TPSA) is 98.2 Å². The van der Waals surface area contributed by atoms with Crippen LogP contribution in [0.1, 0.15) is 16.8 Å². The van der Waals surface area contributed by atoms with Crippen molar-refractivity contribution < 1.29 is 14.3 Å². The molecule has 2 N–H and O–H groups in total. The molecule has 0 bridgehead atoms. The number of aromatic nitrogens is 3. The van der Waals surface area contributed by atoms with Crippen LogP contribution in [0.25, 0.3) is 5.69 Å². The Morgan fingerprint density at radius 3 is 2.89 bits per heavy atom. The Morgan fingerprint density at radius 2 is 2.11 bits per heavy atom. The van der Waals surface area contributed by atoms with E-state index >= 15 is 0 Å². The van der Waals surface area contributed by atoms with Crippen LogP contribution in [0.4, 0.5) is 5.82 Å². The molecule has 4 rings (SSSR count). The summed E-state index contributed by atoms with van der Waals surface area (Å²) < 4.78 is 12.3. The number of anilines is 1. The van der Waals surface area contributed by atoms with Gasteiger partial charge in [0.15, 0.2) is 0 Å². The summed E-state index contributed by atoms with van der Waals surface area (Å²) >= 11 is 0. The molecule has 3 aromatic rings. The molecule has 1 fully saturated rings. The molecule has 0 aliphatic carbocycles. The number of ether oxygens (including phenoxy) is 2. The SMILES string of the molecule is O=C(Nc1cc(=O)n(-c2ccccc2)[nH]1)c1ccnc(OC2CCOC2)c1. The molecule has 1 aliphatic rings. The molecule has 1 unspecified atom stereocenters. The van der Waals surface area contributed by atoms with Gasteiger partial charge in [0.05, 0.1) is 18.9 Å². The second-order valence-electron chi connectivity index (χ2n) is 6.12. The molecule has 138 valence electrons. The number of rotatable bonds is 5. The number of benzene rings is 1. The van der Waals surface area contributed by atoms with Gasteiger partial charge in [0.1, 0.15) is 11.9 Å². The highest BCUT2D eigenvalue weighted by Gasteiger charge is 2.18. The van der Waals surface area contributed by atoms with Crippen molar-refractivity contribution >= 4 is 11.7 Å². The number of amides is 1. The monoisotopic (exact) mass is 366 g/mol. The lowest BCUT2D eigenvalue weighted by Crippen LogP contribution is -2.17. The van der Waals surface area contributed by atoms with Crippen molar-refractivity contribution in [3.63, 3.8) is 0 Å². The molecule has 2 aromatic heterocycles. The summed E-state index contributed by atoms with van der Waals surface area (Å²) in [4.78, 5) is 28.8. The fraction of sp³-hybridized carbons (Fsp3) is 0.211. The lowest BCUT2D eigenvalue weighted by atomic mass is 10.2.